The number of sulfonamides is 1. The topological polar surface area (TPSA) is 95.6 Å². The zero-order valence-corrected chi connectivity index (χ0v) is 19.1. The molecule has 1 unspecified atom stereocenters. The molecular weight excluding hydrogens is 457 g/mol. The maximum absolute atomic E-state index is 13.9. The number of para-hydroxylation sites is 1. The lowest BCUT2D eigenvalue weighted by atomic mass is 9.93. The van der Waals surface area contributed by atoms with Gasteiger partial charge in [-0.05, 0) is 47.5 Å². The second-order valence-electron chi connectivity index (χ2n) is 7.75. The third-order valence-corrected chi connectivity index (χ3v) is 6.76. The lowest BCUT2D eigenvalue weighted by molar-refractivity contribution is -0.129. The number of rotatable bonds is 6. The molecule has 0 spiro atoms. The maximum Gasteiger partial charge on any atom is 0.262 e. The van der Waals surface area contributed by atoms with E-state index in [1.54, 1.807) is 12.3 Å². The SMILES string of the molecule is CC(=O)N1C=Cc2ccccc2C1CC(=O)Nc1cccc(S(=O)(=O)Nc2ccccc2F)c1. The lowest BCUT2D eigenvalue weighted by Crippen LogP contribution is -2.33. The number of carbonyl (C=O) groups excluding carboxylic acids is 2. The first-order valence-electron chi connectivity index (χ1n) is 10.5. The van der Waals surface area contributed by atoms with Gasteiger partial charge in [0.1, 0.15) is 5.82 Å². The minimum absolute atomic E-state index is 0.0224. The Kier molecular flexibility index (Phi) is 6.47. The van der Waals surface area contributed by atoms with Gasteiger partial charge in [0.25, 0.3) is 10.0 Å². The molecule has 0 saturated heterocycles. The molecule has 0 aromatic heterocycles. The summed E-state index contributed by atoms with van der Waals surface area (Å²) in [6, 6.07) is 18.1. The van der Waals surface area contributed by atoms with Crippen LogP contribution in [0.25, 0.3) is 6.08 Å². The second kappa shape index (κ2) is 9.48. The van der Waals surface area contributed by atoms with E-state index in [2.05, 4.69) is 10.0 Å². The molecule has 3 aromatic rings. The van der Waals surface area contributed by atoms with E-state index in [0.29, 0.717) is 0 Å². The van der Waals surface area contributed by atoms with Gasteiger partial charge in [0.05, 0.1) is 23.0 Å². The molecule has 0 bridgehead atoms. The van der Waals surface area contributed by atoms with Crippen molar-refractivity contribution >= 4 is 39.3 Å². The molecule has 0 aliphatic carbocycles. The molecule has 2 amide bonds. The van der Waals surface area contributed by atoms with Gasteiger partial charge in [0.15, 0.2) is 0 Å². The quantitative estimate of drug-likeness (QED) is 0.543. The number of halogens is 1. The average Bonchev–Trinajstić information content (AvgIpc) is 2.80. The van der Waals surface area contributed by atoms with Crippen LogP contribution >= 0.6 is 0 Å². The highest BCUT2D eigenvalue weighted by Crippen LogP contribution is 2.33. The smallest absolute Gasteiger partial charge is 0.262 e. The number of hydrogen-bond donors (Lipinski definition) is 2. The number of anilines is 2. The number of nitrogens with zero attached hydrogens (tertiary/aromatic N) is 1. The Bertz CT molecular complexity index is 1390. The fourth-order valence-corrected chi connectivity index (χ4v) is 4.90. The molecule has 0 saturated carbocycles. The lowest BCUT2D eigenvalue weighted by Gasteiger charge is -2.32. The number of carbonyl (C=O) groups is 2. The first-order valence-corrected chi connectivity index (χ1v) is 12.0. The molecule has 0 radical (unpaired) electrons. The minimum atomic E-state index is -4.08. The molecule has 1 heterocycles. The van der Waals surface area contributed by atoms with Gasteiger partial charge >= 0.3 is 0 Å². The highest BCUT2D eigenvalue weighted by Gasteiger charge is 2.28. The molecule has 34 heavy (non-hydrogen) atoms. The summed E-state index contributed by atoms with van der Waals surface area (Å²) in [6.07, 6.45) is 3.46. The van der Waals surface area contributed by atoms with Gasteiger partial charge in [0.2, 0.25) is 11.8 Å². The van der Waals surface area contributed by atoms with Crippen LogP contribution in [0.4, 0.5) is 15.8 Å². The molecule has 2 N–H and O–H groups in total. The highest BCUT2D eigenvalue weighted by atomic mass is 32.2. The Labute approximate surface area is 197 Å². The Morgan fingerprint density at radius 2 is 1.74 bits per heavy atom. The second-order valence-corrected chi connectivity index (χ2v) is 9.43. The molecular formula is C25H22FN3O4S. The fraction of sp³-hybridized carbons (Fsp3) is 0.120. The van der Waals surface area contributed by atoms with Gasteiger partial charge < -0.3 is 10.2 Å². The van der Waals surface area contributed by atoms with Gasteiger partial charge in [-0.1, -0.05) is 42.5 Å². The van der Waals surface area contributed by atoms with Crippen molar-refractivity contribution in [3.8, 4) is 0 Å². The predicted octanol–water partition coefficient (Wildman–Crippen LogP) is 4.53. The number of hydrogen-bond acceptors (Lipinski definition) is 4. The van der Waals surface area contributed by atoms with Crippen LogP contribution in [0.3, 0.4) is 0 Å². The van der Waals surface area contributed by atoms with E-state index in [-0.39, 0.29) is 28.6 Å². The minimum Gasteiger partial charge on any atom is -0.326 e. The largest absolute Gasteiger partial charge is 0.326 e. The van der Waals surface area contributed by atoms with Gasteiger partial charge in [-0.2, -0.15) is 0 Å². The molecule has 9 heteroatoms. The molecule has 174 valence electrons. The number of fused-ring (bicyclic) bond motifs is 1. The summed E-state index contributed by atoms with van der Waals surface area (Å²) >= 11 is 0. The van der Waals surface area contributed by atoms with Crippen molar-refractivity contribution in [2.75, 3.05) is 10.0 Å². The molecule has 1 aliphatic rings. The Balaban J connectivity index is 1.52. The van der Waals surface area contributed by atoms with Crippen LogP contribution in [0.5, 0.6) is 0 Å². The zero-order chi connectivity index (χ0) is 24.3. The van der Waals surface area contributed by atoms with Crippen LogP contribution in [0.1, 0.15) is 30.5 Å². The van der Waals surface area contributed by atoms with Crippen LogP contribution in [-0.2, 0) is 19.6 Å². The molecule has 0 fully saturated rings. The highest BCUT2D eigenvalue weighted by molar-refractivity contribution is 7.92. The summed E-state index contributed by atoms with van der Waals surface area (Å²) in [5, 5.41) is 2.70. The number of benzene rings is 3. The molecule has 3 aromatic carbocycles. The normalized spacial score (nSPS) is 14.9. The van der Waals surface area contributed by atoms with Gasteiger partial charge in [-0.3, -0.25) is 14.3 Å². The monoisotopic (exact) mass is 479 g/mol. The van der Waals surface area contributed by atoms with E-state index < -0.39 is 27.8 Å². The first kappa shape index (κ1) is 23.2. The Morgan fingerprint density at radius 1 is 1.00 bits per heavy atom. The number of nitrogens with one attached hydrogen (secondary N) is 2. The Morgan fingerprint density at radius 3 is 2.50 bits per heavy atom. The van der Waals surface area contributed by atoms with Crippen LogP contribution in [0.2, 0.25) is 0 Å². The molecule has 1 aliphatic heterocycles. The molecule has 7 nitrogen and oxygen atoms in total. The van der Waals surface area contributed by atoms with Crippen molar-refractivity contribution in [1.82, 2.24) is 4.90 Å². The van der Waals surface area contributed by atoms with E-state index >= 15 is 0 Å². The van der Waals surface area contributed by atoms with Crippen molar-refractivity contribution in [2.45, 2.75) is 24.3 Å². The summed E-state index contributed by atoms with van der Waals surface area (Å²) < 4.78 is 41.5. The van der Waals surface area contributed by atoms with Gasteiger partial charge in [-0.25, -0.2) is 12.8 Å². The van der Waals surface area contributed by atoms with E-state index in [0.717, 1.165) is 17.2 Å². The van der Waals surface area contributed by atoms with Crippen LogP contribution < -0.4 is 10.0 Å². The summed E-state index contributed by atoms with van der Waals surface area (Å²) in [7, 11) is -4.08. The molecule has 4 rings (SSSR count). The van der Waals surface area contributed by atoms with Crippen LogP contribution in [0, 0.1) is 5.82 Å². The number of amides is 2. The van der Waals surface area contributed by atoms with Crippen molar-refractivity contribution in [1.29, 1.82) is 0 Å². The predicted molar refractivity (Wildman–Crippen MR) is 128 cm³/mol. The van der Waals surface area contributed by atoms with Crippen LogP contribution in [-0.4, -0.2) is 25.1 Å². The van der Waals surface area contributed by atoms with Gasteiger partial charge in [-0.15, -0.1) is 0 Å². The van der Waals surface area contributed by atoms with Crippen LogP contribution in [0.15, 0.2) is 83.9 Å². The zero-order valence-electron chi connectivity index (χ0n) is 18.2. The average molecular weight is 480 g/mol. The molecule has 1 atom stereocenters. The third-order valence-electron chi connectivity index (χ3n) is 5.39. The van der Waals surface area contributed by atoms with E-state index in [1.165, 1.54) is 48.2 Å². The van der Waals surface area contributed by atoms with E-state index in [9.17, 15) is 22.4 Å². The van der Waals surface area contributed by atoms with E-state index in [4.69, 9.17) is 0 Å². The van der Waals surface area contributed by atoms with Crippen molar-refractivity contribution in [3.63, 3.8) is 0 Å². The summed E-state index contributed by atoms with van der Waals surface area (Å²) in [4.78, 5) is 26.4. The van der Waals surface area contributed by atoms with E-state index in [1.807, 2.05) is 30.3 Å². The van der Waals surface area contributed by atoms with Crippen molar-refractivity contribution < 1.29 is 22.4 Å². The maximum atomic E-state index is 13.9. The van der Waals surface area contributed by atoms with Crippen molar-refractivity contribution in [3.05, 3.63) is 95.9 Å². The first-order chi connectivity index (χ1) is 16.2. The standard InChI is InChI=1S/C25H22FN3O4S/c1-17(30)29-14-13-18-7-2-3-10-21(18)24(29)16-25(31)27-19-8-6-9-20(15-19)34(32,33)28-23-12-5-4-11-22(23)26/h2-15,24,28H,16H2,1H3,(H,27,31). The fourth-order valence-electron chi connectivity index (χ4n) is 3.79. The van der Waals surface area contributed by atoms with Gasteiger partial charge in [0, 0.05) is 18.8 Å². The summed E-state index contributed by atoms with van der Waals surface area (Å²) in [6.45, 7) is 1.43. The van der Waals surface area contributed by atoms with Crippen molar-refractivity contribution in [2.24, 2.45) is 0 Å². The Hall–Kier alpha value is -3.98. The third kappa shape index (κ3) is 4.99. The summed E-state index contributed by atoms with van der Waals surface area (Å²) in [5.74, 6) is -1.29. The summed E-state index contributed by atoms with van der Waals surface area (Å²) in [5.41, 5.74) is 1.85.